The number of rotatable bonds is 6. The first-order chi connectivity index (χ1) is 9.58. The Balaban J connectivity index is 1.95. The van der Waals surface area contributed by atoms with Gasteiger partial charge < -0.3 is 21.8 Å². The number of amides is 2. The van der Waals surface area contributed by atoms with E-state index in [0.29, 0.717) is 6.42 Å². The number of benzene rings is 1. The van der Waals surface area contributed by atoms with Crippen molar-refractivity contribution in [3.63, 3.8) is 0 Å². The summed E-state index contributed by atoms with van der Waals surface area (Å²) in [5.74, 6) is -0.730. The van der Waals surface area contributed by atoms with Gasteiger partial charge in [-0.25, -0.2) is 0 Å². The predicted octanol–water partition coefficient (Wildman–Crippen LogP) is 0.0293. The first kappa shape index (κ1) is 14.1. The van der Waals surface area contributed by atoms with Crippen LogP contribution in [0.3, 0.4) is 0 Å². The Hall–Kier alpha value is -2.34. The van der Waals surface area contributed by atoms with Crippen molar-refractivity contribution in [1.29, 1.82) is 0 Å². The smallest absolute Gasteiger partial charge is 0.237 e. The van der Waals surface area contributed by atoms with E-state index in [1.165, 1.54) is 0 Å². The number of hydrogen-bond donors (Lipinski definition) is 4. The van der Waals surface area contributed by atoms with Gasteiger partial charge in [0.2, 0.25) is 11.8 Å². The Bertz CT molecular complexity index is 620. The number of aromatic amines is 1. The Morgan fingerprint density at radius 3 is 2.80 bits per heavy atom. The number of para-hydroxylation sites is 1. The maximum atomic E-state index is 11.8. The molecule has 106 valence electrons. The van der Waals surface area contributed by atoms with Gasteiger partial charge in [0.1, 0.15) is 0 Å². The highest BCUT2D eigenvalue weighted by Gasteiger charge is 2.15. The third kappa shape index (κ3) is 3.36. The van der Waals surface area contributed by atoms with Gasteiger partial charge in [-0.2, -0.15) is 0 Å². The van der Waals surface area contributed by atoms with Crippen molar-refractivity contribution in [2.24, 2.45) is 11.5 Å². The molecule has 0 saturated heterocycles. The van der Waals surface area contributed by atoms with Crippen LogP contribution in [0.5, 0.6) is 0 Å². The van der Waals surface area contributed by atoms with Crippen LogP contribution >= 0.6 is 0 Å². The van der Waals surface area contributed by atoms with E-state index in [4.69, 9.17) is 11.5 Å². The normalized spacial score (nSPS) is 12.2. The molecule has 6 heteroatoms. The van der Waals surface area contributed by atoms with E-state index in [-0.39, 0.29) is 18.9 Å². The number of nitrogens with two attached hydrogens (primary N) is 2. The molecule has 1 aromatic carbocycles. The maximum absolute atomic E-state index is 11.8. The lowest BCUT2D eigenvalue weighted by atomic mass is 10.1. The summed E-state index contributed by atoms with van der Waals surface area (Å²) in [5, 5.41) is 3.66. The molecule has 0 aliphatic carbocycles. The number of nitrogens with one attached hydrogen (secondary N) is 2. The third-order valence-corrected chi connectivity index (χ3v) is 3.12. The van der Waals surface area contributed by atoms with Crippen LogP contribution in [0.1, 0.15) is 12.0 Å². The van der Waals surface area contributed by atoms with E-state index in [9.17, 15) is 9.59 Å². The van der Waals surface area contributed by atoms with Gasteiger partial charge in [0, 0.05) is 30.1 Å². The maximum Gasteiger partial charge on any atom is 0.237 e. The first-order valence-electron chi connectivity index (χ1n) is 6.44. The summed E-state index contributed by atoms with van der Waals surface area (Å²) < 4.78 is 0. The largest absolute Gasteiger partial charge is 0.370 e. The fourth-order valence-electron chi connectivity index (χ4n) is 2.07. The SMILES string of the molecule is NC(=O)CCNC(=O)[C@@H](N)Cc1c[nH]c2ccccc12. The third-order valence-electron chi connectivity index (χ3n) is 3.12. The average molecular weight is 274 g/mol. The summed E-state index contributed by atoms with van der Waals surface area (Å²) in [7, 11) is 0. The van der Waals surface area contributed by atoms with Crippen molar-refractivity contribution in [1.82, 2.24) is 10.3 Å². The van der Waals surface area contributed by atoms with Crippen LogP contribution in [0.2, 0.25) is 0 Å². The highest BCUT2D eigenvalue weighted by atomic mass is 16.2. The Morgan fingerprint density at radius 2 is 2.05 bits per heavy atom. The van der Waals surface area contributed by atoms with Gasteiger partial charge in [-0.05, 0) is 18.1 Å². The molecule has 2 amide bonds. The average Bonchev–Trinajstić information content (AvgIpc) is 2.81. The Kier molecular flexibility index (Phi) is 4.37. The topological polar surface area (TPSA) is 114 Å². The molecular weight excluding hydrogens is 256 g/mol. The summed E-state index contributed by atoms with van der Waals surface area (Å²) in [4.78, 5) is 25.5. The molecule has 0 bridgehead atoms. The first-order valence-corrected chi connectivity index (χ1v) is 6.44. The second kappa shape index (κ2) is 6.21. The number of fused-ring (bicyclic) bond motifs is 1. The second-order valence-electron chi connectivity index (χ2n) is 4.68. The number of carbonyl (C=O) groups is 2. The van der Waals surface area contributed by atoms with Crippen LogP contribution in [-0.4, -0.2) is 29.4 Å². The van der Waals surface area contributed by atoms with E-state index in [1.807, 2.05) is 30.5 Å². The lowest BCUT2D eigenvalue weighted by Crippen LogP contribution is -2.42. The number of aromatic nitrogens is 1. The quantitative estimate of drug-likeness (QED) is 0.595. The number of primary amides is 1. The van der Waals surface area contributed by atoms with E-state index in [2.05, 4.69) is 10.3 Å². The summed E-state index contributed by atoms with van der Waals surface area (Å²) >= 11 is 0. The van der Waals surface area contributed by atoms with Crippen LogP contribution in [0.25, 0.3) is 10.9 Å². The minimum Gasteiger partial charge on any atom is -0.370 e. The summed E-state index contributed by atoms with van der Waals surface area (Å²) in [6.07, 6.45) is 2.42. The van der Waals surface area contributed by atoms with Gasteiger partial charge in [-0.15, -0.1) is 0 Å². The zero-order chi connectivity index (χ0) is 14.5. The number of carbonyl (C=O) groups excluding carboxylic acids is 2. The van der Waals surface area contributed by atoms with E-state index < -0.39 is 11.9 Å². The zero-order valence-corrected chi connectivity index (χ0v) is 11.1. The standard InChI is InChI=1S/C14H18N4O2/c15-11(14(20)17-6-5-13(16)19)7-9-8-18-12-4-2-1-3-10(9)12/h1-4,8,11,18H,5-7,15H2,(H2,16,19)(H,17,20)/t11-/m0/s1. The van der Waals surface area contributed by atoms with Crippen molar-refractivity contribution in [2.75, 3.05) is 6.54 Å². The van der Waals surface area contributed by atoms with Gasteiger partial charge in [0.05, 0.1) is 6.04 Å². The number of H-pyrrole nitrogens is 1. The lowest BCUT2D eigenvalue weighted by Gasteiger charge is -2.11. The minimum atomic E-state index is -0.651. The van der Waals surface area contributed by atoms with Gasteiger partial charge in [-0.1, -0.05) is 18.2 Å². The lowest BCUT2D eigenvalue weighted by molar-refractivity contribution is -0.122. The van der Waals surface area contributed by atoms with Crippen LogP contribution in [0, 0.1) is 0 Å². The fraction of sp³-hybridized carbons (Fsp3) is 0.286. The predicted molar refractivity (Wildman–Crippen MR) is 76.8 cm³/mol. The molecule has 1 aromatic heterocycles. The molecule has 1 heterocycles. The highest BCUT2D eigenvalue weighted by Crippen LogP contribution is 2.18. The number of hydrogen-bond acceptors (Lipinski definition) is 3. The van der Waals surface area contributed by atoms with Gasteiger partial charge in [-0.3, -0.25) is 9.59 Å². The van der Waals surface area contributed by atoms with Crippen molar-refractivity contribution >= 4 is 22.7 Å². The molecule has 0 unspecified atom stereocenters. The van der Waals surface area contributed by atoms with Crippen molar-refractivity contribution in [2.45, 2.75) is 18.9 Å². The molecule has 2 aromatic rings. The summed E-state index contributed by atoms with van der Waals surface area (Å²) in [6.45, 7) is 0.218. The molecule has 1 atom stereocenters. The molecule has 0 radical (unpaired) electrons. The van der Waals surface area contributed by atoms with Gasteiger partial charge >= 0.3 is 0 Å². The minimum absolute atomic E-state index is 0.117. The summed E-state index contributed by atoms with van der Waals surface area (Å²) in [5.41, 5.74) is 12.9. The molecule has 0 aliphatic heterocycles. The molecule has 0 aliphatic rings. The molecule has 20 heavy (non-hydrogen) atoms. The fourth-order valence-corrected chi connectivity index (χ4v) is 2.07. The Labute approximate surface area is 116 Å². The molecule has 0 spiro atoms. The highest BCUT2D eigenvalue weighted by molar-refractivity contribution is 5.86. The van der Waals surface area contributed by atoms with Crippen LogP contribution in [-0.2, 0) is 16.0 Å². The van der Waals surface area contributed by atoms with Crippen molar-refractivity contribution in [3.8, 4) is 0 Å². The molecule has 0 fully saturated rings. The second-order valence-corrected chi connectivity index (χ2v) is 4.68. The van der Waals surface area contributed by atoms with Crippen molar-refractivity contribution in [3.05, 3.63) is 36.0 Å². The van der Waals surface area contributed by atoms with Gasteiger partial charge in [0.15, 0.2) is 0 Å². The zero-order valence-electron chi connectivity index (χ0n) is 11.1. The van der Waals surface area contributed by atoms with Crippen LogP contribution in [0.15, 0.2) is 30.5 Å². The molecule has 2 rings (SSSR count). The van der Waals surface area contributed by atoms with E-state index >= 15 is 0 Å². The summed E-state index contributed by atoms with van der Waals surface area (Å²) in [6, 6.07) is 7.19. The monoisotopic (exact) mass is 274 g/mol. The molecular formula is C14H18N4O2. The van der Waals surface area contributed by atoms with Crippen LogP contribution in [0.4, 0.5) is 0 Å². The Morgan fingerprint density at radius 1 is 1.30 bits per heavy atom. The van der Waals surface area contributed by atoms with E-state index in [1.54, 1.807) is 0 Å². The molecule has 6 nitrogen and oxygen atoms in total. The van der Waals surface area contributed by atoms with Crippen LogP contribution < -0.4 is 16.8 Å². The molecule has 6 N–H and O–H groups in total. The van der Waals surface area contributed by atoms with Crippen molar-refractivity contribution < 1.29 is 9.59 Å². The van der Waals surface area contributed by atoms with Gasteiger partial charge in [0.25, 0.3) is 0 Å². The van der Waals surface area contributed by atoms with E-state index in [0.717, 1.165) is 16.5 Å². The molecule has 0 saturated carbocycles.